The van der Waals surface area contributed by atoms with Crippen molar-refractivity contribution in [1.29, 1.82) is 0 Å². The van der Waals surface area contributed by atoms with E-state index in [9.17, 15) is 0 Å². The molecule has 1 aliphatic rings. The molecule has 1 atom stereocenters. The summed E-state index contributed by atoms with van der Waals surface area (Å²) >= 11 is 0. The van der Waals surface area contributed by atoms with Crippen LogP contribution in [0, 0.1) is 12.3 Å². The van der Waals surface area contributed by atoms with Crippen LogP contribution in [0.2, 0.25) is 0 Å². The number of nitrogens with zero attached hydrogens (tertiary/aromatic N) is 1. The Morgan fingerprint density at radius 3 is 2.59 bits per heavy atom. The molecule has 3 heteroatoms. The van der Waals surface area contributed by atoms with Crippen molar-refractivity contribution in [1.82, 2.24) is 10.3 Å². The van der Waals surface area contributed by atoms with Gasteiger partial charge in [0.2, 0.25) is 0 Å². The predicted molar refractivity (Wildman–Crippen MR) is 71.8 cm³/mol. The highest BCUT2D eigenvalue weighted by molar-refractivity contribution is 5.50. The second kappa shape index (κ2) is 3.98. The molecule has 1 aromatic rings. The lowest BCUT2D eigenvalue weighted by atomic mass is 9.67. The van der Waals surface area contributed by atoms with Gasteiger partial charge in [-0.25, -0.2) is 4.98 Å². The molecule has 2 heterocycles. The van der Waals surface area contributed by atoms with E-state index in [1.54, 1.807) is 6.20 Å². The number of nitrogens with one attached hydrogen (secondary N) is 1. The molecule has 1 aliphatic heterocycles. The third kappa shape index (κ3) is 1.82. The lowest BCUT2D eigenvalue weighted by molar-refractivity contribution is 0.160. The van der Waals surface area contributed by atoms with Gasteiger partial charge < -0.3 is 11.1 Å². The molecule has 1 aromatic heterocycles. The smallest absolute Gasteiger partial charge is 0.128 e. The van der Waals surface area contributed by atoms with E-state index in [1.165, 1.54) is 17.5 Å². The molecular formula is C14H23N3. The zero-order valence-electron chi connectivity index (χ0n) is 11.3. The molecule has 0 aromatic carbocycles. The van der Waals surface area contributed by atoms with Crippen LogP contribution in [0.5, 0.6) is 0 Å². The Balaban J connectivity index is 2.62. The topological polar surface area (TPSA) is 50.9 Å². The molecule has 1 unspecified atom stereocenters. The number of rotatable bonds is 1. The molecule has 3 N–H and O–H groups in total. The summed E-state index contributed by atoms with van der Waals surface area (Å²) in [6.07, 6.45) is 4.12. The molecule has 1 fully saturated rings. The highest BCUT2D eigenvalue weighted by Gasteiger charge is 2.47. The first-order valence-corrected chi connectivity index (χ1v) is 6.35. The van der Waals surface area contributed by atoms with Gasteiger partial charge in [0.05, 0.1) is 5.54 Å². The van der Waals surface area contributed by atoms with Gasteiger partial charge in [0, 0.05) is 11.8 Å². The summed E-state index contributed by atoms with van der Waals surface area (Å²) in [6, 6.07) is 2.05. The number of aromatic nitrogens is 1. The van der Waals surface area contributed by atoms with E-state index in [-0.39, 0.29) is 11.0 Å². The first-order valence-electron chi connectivity index (χ1n) is 6.35. The number of nitrogen functional groups attached to an aromatic ring is 1. The molecule has 2 rings (SSSR count). The quantitative estimate of drug-likeness (QED) is 0.784. The first-order chi connectivity index (χ1) is 7.88. The van der Waals surface area contributed by atoms with Crippen LogP contribution >= 0.6 is 0 Å². The van der Waals surface area contributed by atoms with E-state index >= 15 is 0 Å². The standard InChI is InChI=1S/C14H23N3/c1-10-6-9-16-12(15)11(10)14(13(2,3)4)7-5-8-17-14/h6,9,17H,5,7-8H2,1-4H3,(H2,15,16). The summed E-state index contributed by atoms with van der Waals surface area (Å²) in [5.74, 6) is 0.675. The molecule has 1 saturated heterocycles. The maximum Gasteiger partial charge on any atom is 0.128 e. The van der Waals surface area contributed by atoms with Gasteiger partial charge in [-0.15, -0.1) is 0 Å². The number of aryl methyl sites for hydroxylation is 1. The molecule has 0 aliphatic carbocycles. The van der Waals surface area contributed by atoms with Crippen LogP contribution in [0.15, 0.2) is 12.3 Å². The lowest BCUT2D eigenvalue weighted by Crippen LogP contribution is -2.49. The van der Waals surface area contributed by atoms with Gasteiger partial charge in [-0.1, -0.05) is 20.8 Å². The van der Waals surface area contributed by atoms with Crippen molar-refractivity contribution >= 4 is 5.82 Å². The zero-order valence-corrected chi connectivity index (χ0v) is 11.3. The third-order valence-electron chi connectivity index (χ3n) is 4.05. The molecule has 94 valence electrons. The first kappa shape index (κ1) is 12.4. The van der Waals surface area contributed by atoms with E-state index in [0.717, 1.165) is 13.0 Å². The molecule has 0 spiro atoms. The molecule has 0 radical (unpaired) electrons. The van der Waals surface area contributed by atoms with E-state index in [4.69, 9.17) is 5.73 Å². The average molecular weight is 233 g/mol. The van der Waals surface area contributed by atoms with Crippen molar-refractivity contribution in [3.05, 3.63) is 23.4 Å². The fourth-order valence-electron chi connectivity index (χ4n) is 3.11. The van der Waals surface area contributed by atoms with Crippen LogP contribution < -0.4 is 11.1 Å². The summed E-state index contributed by atoms with van der Waals surface area (Å²) in [6.45, 7) is 10.0. The Bertz CT molecular complexity index is 392. The van der Waals surface area contributed by atoms with Crippen LogP contribution in [0.3, 0.4) is 0 Å². The molecule has 3 nitrogen and oxygen atoms in total. The fraction of sp³-hybridized carbons (Fsp3) is 0.643. The Morgan fingerprint density at radius 2 is 2.12 bits per heavy atom. The van der Waals surface area contributed by atoms with E-state index in [1.807, 2.05) is 0 Å². The number of nitrogens with two attached hydrogens (primary N) is 1. The monoisotopic (exact) mass is 233 g/mol. The second-order valence-corrected chi connectivity index (χ2v) is 6.07. The summed E-state index contributed by atoms with van der Waals surface area (Å²) in [7, 11) is 0. The number of anilines is 1. The minimum Gasteiger partial charge on any atom is -0.383 e. The fourth-order valence-corrected chi connectivity index (χ4v) is 3.11. The van der Waals surface area contributed by atoms with Crippen LogP contribution in [-0.2, 0) is 5.54 Å². The van der Waals surface area contributed by atoms with Crippen LogP contribution in [-0.4, -0.2) is 11.5 Å². The van der Waals surface area contributed by atoms with Crippen molar-refractivity contribution < 1.29 is 0 Å². The van der Waals surface area contributed by atoms with Gasteiger partial charge in [0.25, 0.3) is 0 Å². The van der Waals surface area contributed by atoms with Gasteiger partial charge in [0.1, 0.15) is 5.82 Å². The summed E-state index contributed by atoms with van der Waals surface area (Å²) < 4.78 is 0. The zero-order chi connectivity index (χ0) is 12.7. The third-order valence-corrected chi connectivity index (χ3v) is 4.05. The largest absolute Gasteiger partial charge is 0.383 e. The predicted octanol–water partition coefficient (Wildman–Crippen LogP) is 2.60. The SMILES string of the molecule is Cc1ccnc(N)c1C1(C(C)(C)C)CCCN1. The van der Waals surface area contributed by atoms with Crippen molar-refractivity contribution in [2.24, 2.45) is 5.41 Å². The number of hydrogen-bond donors (Lipinski definition) is 2. The van der Waals surface area contributed by atoms with Gasteiger partial charge >= 0.3 is 0 Å². The average Bonchev–Trinajstić information content (AvgIpc) is 2.66. The maximum atomic E-state index is 6.13. The highest BCUT2D eigenvalue weighted by Crippen LogP contribution is 2.47. The van der Waals surface area contributed by atoms with Crippen molar-refractivity contribution in [2.75, 3.05) is 12.3 Å². The molecular weight excluding hydrogens is 210 g/mol. The van der Waals surface area contributed by atoms with Crippen molar-refractivity contribution in [2.45, 2.75) is 46.1 Å². The molecule has 17 heavy (non-hydrogen) atoms. The molecule has 0 bridgehead atoms. The highest BCUT2D eigenvalue weighted by atomic mass is 15.0. The lowest BCUT2D eigenvalue weighted by Gasteiger charge is -2.44. The summed E-state index contributed by atoms with van der Waals surface area (Å²) in [5, 5.41) is 3.69. The van der Waals surface area contributed by atoms with E-state index in [2.05, 4.69) is 44.1 Å². The summed E-state index contributed by atoms with van der Waals surface area (Å²) in [5.41, 5.74) is 8.67. The normalized spacial score (nSPS) is 25.2. The van der Waals surface area contributed by atoms with Gasteiger partial charge in [-0.2, -0.15) is 0 Å². The van der Waals surface area contributed by atoms with Crippen LogP contribution in [0.1, 0.15) is 44.7 Å². The Labute approximate surface area is 104 Å². The second-order valence-electron chi connectivity index (χ2n) is 6.07. The van der Waals surface area contributed by atoms with Crippen LogP contribution in [0.4, 0.5) is 5.82 Å². The molecule has 0 saturated carbocycles. The van der Waals surface area contributed by atoms with Gasteiger partial charge in [0.15, 0.2) is 0 Å². The number of hydrogen-bond acceptors (Lipinski definition) is 3. The minimum absolute atomic E-state index is 0.0323. The van der Waals surface area contributed by atoms with Crippen molar-refractivity contribution in [3.8, 4) is 0 Å². The summed E-state index contributed by atoms with van der Waals surface area (Å²) in [4.78, 5) is 4.28. The van der Waals surface area contributed by atoms with Gasteiger partial charge in [-0.05, 0) is 43.4 Å². The van der Waals surface area contributed by atoms with E-state index < -0.39 is 0 Å². The molecule has 0 amide bonds. The Morgan fingerprint density at radius 1 is 1.41 bits per heavy atom. The Hall–Kier alpha value is -1.09. The maximum absolute atomic E-state index is 6.13. The van der Waals surface area contributed by atoms with Crippen LogP contribution in [0.25, 0.3) is 0 Å². The number of pyridine rings is 1. The van der Waals surface area contributed by atoms with Gasteiger partial charge in [-0.3, -0.25) is 0 Å². The minimum atomic E-state index is -0.0323. The van der Waals surface area contributed by atoms with E-state index in [0.29, 0.717) is 5.82 Å². The Kier molecular flexibility index (Phi) is 2.90. The van der Waals surface area contributed by atoms with Crippen molar-refractivity contribution in [3.63, 3.8) is 0 Å².